The van der Waals surface area contributed by atoms with Crippen LogP contribution < -0.4 is 15.5 Å². The van der Waals surface area contributed by atoms with Crippen molar-refractivity contribution in [2.45, 2.75) is 26.8 Å². The number of rotatable bonds is 6. The maximum Gasteiger partial charge on any atom is 0.315 e. The molecule has 0 saturated carbocycles. The van der Waals surface area contributed by atoms with E-state index in [2.05, 4.69) is 20.6 Å². The van der Waals surface area contributed by atoms with Crippen molar-refractivity contribution in [2.75, 3.05) is 25.5 Å². The van der Waals surface area contributed by atoms with Gasteiger partial charge in [0.15, 0.2) is 0 Å². The SMILES string of the molecule is Cc1nc(C)c(CCNC(=O)NCc2cccnc2N(C)C)s1. The molecule has 0 atom stereocenters. The number of amides is 2. The molecule has 0 radical (unpaired) electrons. The zero-order valence-electron chi connectivity index (χ0n) is 14.0. The van der Waals surface area contributed by atoms with Crippen LogP contribution in [0.5, 0.6) is 0 Å². The molecule has 0 spiro atoms. The van der Waals surface area contributed by atoms with Crippen LogP contribution in [0.4, 0.5) is 10.6 Å². The van der Waals surface area contributed by atoms with Crippen LogP contribution in [0.3, 0.4) is 0 Å². The van der Waals surface area contributed by atoms with Crippen molar-refractivity contribution >= 4 is 23.2 Å². The van der Waals surface area contributed by atoms with Gasteiger partial charge in [-0.25, -0.2) is 14.8 Å². The molecule has 7 heteroatoms. The fourth-order valence-electron chi connectivity index (χ4n) is 2.30. The highest BCUT2D eigenvalue weighted by molar-refractivity contribution is 7.11. The molecule has 0 bridgehead atoms. The molecule has 0 saturated heterocycles. The van der Waals surface area contributed by atoms with E-state index in [9.17, 15) is 4.79 Å². The smallest absolute Gasteiger partial charge is 0.315 e. The van der Waals surface area contributed by atoms with E-state index >= 15 is 0 Å². The molecule has 2 amide bonds. The minimum atomic E-state index is -0.169. The standard InChI is InChI=1S/C16H23N5OS/c1-11-14(23-12(2)20-11)7-9-18-16(22)19-10-13-6-5-8-17-15(13)21(3)4/h5-6,8H,7,9-10H2,1-4H3,(H2,18,19,22). The first kappa shape index (κ1) is 17.2. The third-order valence-electron chi connectivity index (χ3n) is 3.37. The van der Waals surface area contributed by atoms with Crippen molar-refractivity contribution in [3.63, 3.8) is 0 Å². The van der Waals surface area contributed by atoms with Crippen LogP contribution >= 0.6 is 11.3 Å². The topological polar surface area (TPSA) is 70.1 Å². The number of nitrogens with zero attached hydrogens (tertiary/aromatic N) is 3. The summed E-state index contributed by atoms with van der Waals surface area (Å²) in [5.74, 6) is 0.864. The normalized spacial score (nSPS) is 10.4. The molecule has 0 aromatic carbocycles. The van der Waals surface area contributed by atoms with Gasteiger partial charge in [0.2, 0.25) is 0 Å². The molecular weight excluding hydrogens is 310 g/mol. The number of carbonyl (C=O) groups is 1. The van der Waals surface area contributed by atoms with Crippen molar-refractivity contribution in [1.82, 2.24) is 20.6 Å². The minimum Gasteiger partial charge on any atom is -0.362 e. The van der Waals surface area contributed by atoms with Gasteiger partial charge in [0.1, 0.15) is 5.82 Å². The summed E-state index contributed by atoms with van der Waals surface area (Å²) in [6.07, 6.45) is 2.55. The van der Waals surface area contributed by atoms with Crippen molar-refractivity contribution in [2.24, 2.45) is 0 Å². The van der Waals surface area contributed by atoms with Gasteiger partial charge < -0.3 is 15.5 Å². The average Bonchev–Trinajstić information content (AvgIpc) is 2.83. The first-order chi connectivity index (χ1) is 11.0. The maximum atomic E-state index is 11.9. The van der Waals surface area contributed by atoms with Gasteiger partial charge in [-0.05, 0) is 19.9 Å². The molecule has 2 aromatic heterocycles. The van der Waals surface area contributed by atoms with Gasteiger partial charge in [0, 0.05) is 50.2 Å². The van der Waals surface area contributed by atoms with Crippen LogP contribution in [0.1, 0.15) is 21.1 Å². The number of carbonyl (C=O) groups excluding carboxylic acids is 1. The number of aromatic nitrogens is 2. The average molecular weight is 333 g/mol. The minimum absolute atomic E-state index is 0.169. The van der Waals surface area contributed by atoms with Gasteiger partial charge in [0.25, 0.3) is 0 Å². The summed E-state index contributed by atoms with van der Waals surface area (Å²) in [4.78, 5) is 23.8. The maximum absolute atomic E-state index is 11.9. The largest absolute Gasteiger partial charge is 0.362 e. The Morgan fingerprint density at radius 1 is 1.30 bits per heavy atom. The second-order valence-electron chi connectivity index (χ2n) is 5.48. The van der Waals surface area contributed by atoms with Crippen LogP contribution in [0.2, 0.25) is 0 Å². The Kier molecular flexibility index (Phi) is 5.92. The van der Waals surface area contributed by atoms with E-state index in [1.165, 1.54) is 4.88 Å². The highest BCUT2D eigenvalue weighted by atomic mass is 32.1. The molecule has 124 valence electrons. The Bertz CT molecular complexity index is 668. The zero-order valence-corrected chi connectivity index (χ0v) is 14.8. The summed E-state index contributed by atoms with van der Waals surface area (Å²) in [5.41, 5.74) is 2.04. The Labute approximate surface area is 141 Å². The van der Waals surface area contributed by atoms with E-state index < -0.39 is 0 Å². The molecule has 2 heterocycles. The van der Waals surface area contributed by atoms with Gasteiger partial charge >= 0.3 is 6.03 Å². The van der Waals surface area contributed by atoms with Gasteiger partial charge in [-0.1, -0.05) is 6.07 Å². The van der Waals surface area contributed by atoms with E-state index in [1.807, 2.05) is 45.0 Å². The Balaban J connectivity index is 1.78. The lowest BCUT2D eigenvalue weighted by molar-refractivity contribution is 0.240. The summed E-state index contributed by atoms with van der Waals surface area (Å²) in [5, 5.41) is 6.82. The molecule has 6 nitrogen and oxygen atoms in total. The van der Waals surface area contributed by atoms with E-state index in [-0.39, 0.29) is 6.03 Å². The highest BCUT2D eigenvalue weighted by Crippen LogP contribution is 2.17. The molecule has 0 aliphatic carbocycles. The number of hydrogen-bond acceptors (Lipinski definition) is 5. The third kappa shape index (κ3) is 4.92. The number of aryl methyl sites for hydroxylation is 2. The summed E-state index contributed by atoms with van der Waals surface area (Å²) < 4.78 is 0. The predicted octanol–water partition coefficient (Wildman–Crippen LogP) is 2.26. The number of anilines is 1. The van der Waals surface area contributed by atoms with Crippen molar-refractivity contribution in [1.29, 1.82) is 0 Å². The van der Waals surface area contributed by atoms with Crippen LogP contribution in [0.25, 0.3) is 0 Å². The molecule has 0 fully saturated rings. The second-order valence-corrected chi connectivity index (χ2v) is 6.77. The molecule has 2 aromatic rings. The van der Waals surface area contributed by atoms with Crippen molar-refractivity contribution in [3.05, 3.63) is 39.5 Å². The number of urea groups is 1. The van der Waals surface area contributed by atoms with E-state index in [1.54, 1.807) is 17.5 Å². The summed E-state index contributed by atoms with van der Waals surface area (Å²) >= 11 is 1.68. The van der Waals surface area contributed by atoms with E-state index in [0.29, 0.717) is 13.1 Å². The lowest BCUT2D eigenvalue weighted by Gasteiger charge is -2.16. The number of nitrogens with one attached hydrogen (secondary N) is 2. The Morgan fingerprint density at radius 3 is 2.74 bits per heavy atom. The summed E-state index contributed by atoms with van der Waals surface area (Å²) in [7, 11) is 3.87. The monoisotopic (exact) mass is 333 g/mol. The fourth-order valence-corrected chi connectivity index (χ4v) is 3.24. The number of hydrogen-bond donors (Lipinski definition) is 2. The highest BCUT2D eigenvalue weighted by Gasteiger charge is 2.08. The first-order valence-corrected chi connectivity index (χ1v) is 8.35. The molecule has 0 unspecified atom stereocenters. The fraction of sp³-hybridized carbons (Fsp3) is 0.438. The van der Waals surface area contributed by atoms with Crippen LogP contribution in [-0.2, 0) is 13.0 Å². The van der Waals surface area contributed by atoms with Gasteiger partial charge in [0.05, 0.1) is 10.7 Å². The molecule has 2 rings (SSSR count). The first-order valence-electron chi connectivity index (χ1n) is 7.53. The summed E-state index contributed by atoms with van der Waals surface area (Å²) in [6.45, 7) is 5.05. The van der Waals surface area contributed by atoms with Crippen LogP contribution in [-0.4, -0.2) is 36.6 Å². The van der Waals surface area contributed by atoms with Gasteiger partial charge in [-0.15, -0.1) is 11.3 Å². The van der Waals surface area contributed by atoms with Gasteiger partial charge in [-0.3, -0.25) is 0 Å². The lowest BCUT2D eigenvalue weighted by atomic mass is 10.2. The van der Waals surface area contributed by atoms with Crippen LogP contribution in [0.15, 0.2) is 18.3 Å². The Morgan fingerprint density at radius 2 is 2.09 bits per heavy atom. The van der Waals surface area contributed by atoms with Crippen molar-refractivity contribution < 1.29 is 4.79 Å². The molecule has 0 aliphatic heterocycles. The van der Waals surface area contributed by atoms with Gasteiger partial charge in [-0.2, -0.15) is 0 Å². The van der Waals surface area contributed by atoms with Crippen molar-refractivity contribution in [3.8, 4) is 0 Å². The van der Waals surface area contributed by atoms with E-state index in [0.717, 1.165) is 28.5 Å². The van der Waals surface area contributed by atoms with E-state index in [4.69, 9.17) is 0 Å². The predicted molar refractivity (Wildman–Crippen MR) is 94.1 cm³/mol. The molecule has 0 aliphatic rings. The number of pyridine rings is 1. The summed E-state index contributed by atoms with van der Waals surface area (Å²) in [6, 6.07) is 3.67. The van der Waals surface area contributed by atoms with Crippen LogP contribution in [0, 0.1) is 13.8 Å². The lowest BCUT2D eigenvalue weighted by Crippen LogP contribution is -2.36. The second kappa shape index (κ2) is 7.92. The number of thiazole rings is 1. The quantitative estimate of drug-likeness (QED) is 0.851. The molecular formula is C16H23N5OS. The molecule has 2 N–H and O–H groups in total. The Hall–Kier alpha value is -2.15. The molecule has 23 heavy (non-hydrogen) atoms. The zero-order chi connectivity index (χ0) is 16.8. The third-order valence-corrected chi connectivity index (χ3v) is 4.50.